The van der Waals surface area contributed by atoms with Gasteiger partial charge in [0.2, 0.25) is 0 Å². The lowest BCUT2D eigenvalue weighted by Crippen LogP contribution is -2.42. The number of ketones is 1. The van der Waals surface area contributed by atoms with Gasteiger partial charge in [-0.2, -0.15) is 0 Å². The lowest BCUT2D eigenvalue weighted by Gasteiger charge is -2.31. The molecule has 0 radical (unpaired) electrons. The first-order chi connectivity index (χ1) is 19.9. The summed E-state index contributed by atoms with van der Waals surface area (Å²) in [6.07, 6.45) is 3.60. The molecule has 2 aliphatic rings. The fraction of sp³-hybridized carbons (Fsp3) is 0.438. The highest BCUT2D eigenvalue weighted by Gasteiger charge is 2.46. The van der Waals surface area contributed by atoms with Gasteiger partial charge in [0.05, 0.1) is 38.5 Å². The van der Waals surface area contributed by atoms with Crippen molar-refractivity contribution >= 4 is 17.4 Å². The summed E-state index contributed by atoms with van der Waals surface area (Å²) in [6.45, 7) is 12.2. The van der Waals surface area contributed by atoms with Crippen LogP contribution < -0.4 is 14.2 Å². The van der Waals surface area contributed by atoms with Crippen molar-refractivity contribution in [1.82, 2.24) is 9.80 Å². The van der Waals surface area contributed by atoms with Crippen molar-refractivity contribution in [3.8, 4) is 17.2 Å². The highest BCUT2D eigenvalue weighted by atomic mass is 16.5. The number of aryl methyl sites for hydroxylation is 1. The predicted molar refractivity (Wildman–Crippen MR) is 157 cm³/mol. The molecule has 1 atom stereocenters. The van der Waals surface area contributed by atoms with Crippen LogP contribution in [0.3, 0.4) is 0 Å². The van der Waals surface area contributed by atoms with Crippen molar-refractivity contribution in [3.05, 3.63) is 71.3 Å². The summed E-state index contributed by atoms with van der Waals surface area (Å²) < 4.78 is 22.6. The van der Waals surface area contributed by atoms with Crippen LogP contribution in [0.4, 0.5) is 0 Å². The Morgan fingerprint density at radius 1 is 1.07 bits per heavy atom. The van der Waals surface area contributed by atoms with Gasteiger partial charge in [0.15, 0.2) is 11.5 Å². The number of hydrogen-bond donors (Lipinski definition) is 1. The number of carbonyl (C=O) groups excluding carboxylic acids is 2. The molecule has 2 fully saturated rings. The molecule has 0 aliphatic carbocycles. The van der Waals surface area contributed by atoms with Crippen molar-refractivity contribution < 1.29 is 33.6 Å². The fourth-order valence-electron chi connectivity index (χ4n) is 5.09. The first kappa shape index (κ1) is 30.1. The van der Waals surface area contributed by atoms with Crippen LogP contribution in [-0.4, -0.2) is 86.3 Å². The normalized spacial score (nSPS) is 18.9. The molecule has 2 aromatic rings. The number of rotatable bonds is 13. The third-order valence-electron chi connectivity index (χ3n) is 7.36. The van der Waals surface area contributed by atoms with Crippen LogP contribution in [-0.2, 0) is 14.3 Å². The summed E-state index contributed by atoms with van der Waals surface area (Å²) in [7, 11) is 1.53. The summed E-state index contributed by atoms with van der Waals surface area (Å²) in [5.74, 6) is 0.0883. The molecule has 1 N–H and O–H groups in total. The topological polar surface area (TPSA) is 97.8 Å². The molecule has 2 aliphatic heterocycles. The monoisotopic (exact) mass is 564 g/mol. The molecule has 0 spiro atoms. The van der Waals surface area contributed by atoms with E-state index in [1.807, 2.05) is 6.92 Å². The summed E-state index contributed by atoms with van der Waals surface area (Å²) in [6, 6.07) is 9.77. The van der Waals surface area contributed by atoms with E-state index in [4.69, 9.17) is 18.9 Å². The number of aliphatic hydroxyl groups excluding tert-OH is 1. The Kier molecular flexibility index (Phi) is 10.4. The van der Waals surface area contributed by atoms with E-state index in [1.54, 1.807) is 42.5 Å². The smallest absolute Gasteiger partial charge is 0.295 e. The molecule has 0 saturated carbocycles. The van der Waals surface area contributed by atoms with Gasteiger partial charge < -0.3 is 29.0 Å². The van der Waals surface area contributed by atoms with E-state index < -0.39 is 17.7 Å². The van der Waals surface area contributed by atoms with E-state index in [1.165, 1.54) is 12.0 Å². The number of carbonyl (C=O) groups is 2. The summed E-state index contributed by atoms with van der Waals surface area (Å²) in [5, 5.41) is 11.5. The fourth-order valence-corrected chi connectivity index (χ4v) is 5.09. The third kappa shape index (κ3) is 6.92. The highest BCUT2D eigenvalue weighted by molar-refractivity contribution is 6.46. The molecule has 2 heterocycles. The lowest BCUT2D eigenvalue weighted by atomic mass is 9.94. The number of benzene rings is 2. The molecular weight excluding hydrogens is 524 g/mol. The van der Waals surface area contributed by atoms with E-state index >= 15 is 0 Å². The minimum atomic E-state index is -0.806. The summed E-state index contributed by atoms with van der Waals surface area (Å²) >= 11 is 0. The van der Waals surface area contributed by atoms with Gasteiger partial charge in [-0.1, -0.05) is 32.1 Å². The van der Waals surface area contributed by atoms with E-state index in [0.717, 1.165) is 37.2 Å². The SMILES string of the molecule is C=CCOc1ccc(C2C(=C(O)c3ccc(OCCCC)c(C)c3)C(=O)C(=O)N2CCN2CCOCC2)cc1OC. The number of Topliss-reactive ketones (excluding diaryl/α,β-unsaturated/α-hetero) is 1. The average Bonchev–Trinajstić information content (AvgIpc) is 3.24. The molecule has 9 heteroatoms. The average molecular weight is 565 g/mol. The molecule has 0 bridgehead atoms. The molecule has 9 nitrogen and oxygen atoms in total. The van der Waals surface area contributed by atoms with Crippen LogP contribution in [0.15, 0.2) is 54.6 Å². The number of amides is 1. The van der Waals surface area contributed by atoms with Gasteiger partial charge in [-0.25, -0.2) is 0 Å². The number of hydrogen-bond acceptors (Lipinski definition) is 8. The Balaban J connectivity index is 1.74. The summed E-state index contributed by atoms with van der Waals surface area (Å²) in [4.78, 5) is 30.7. The van der Waals surface area contributed by atoms with E-state index in [9.17, 15) is 14.7 Å². The van der Waals surface area contributed by atoms with Crippen LogP contribution in [0.25, 0.3) is 5.76 Å². The number of unbranched alkanes of at least 4 members (excludes halogenated alkanes) is 1. The Bertz CT molecular complexity index is 1280. The Labute approximate surface area is 241 Å². The molecule has 2 saturated heterocycles. The largest absolute Gasteiger partial charge is 0.507 e. The maximum Gasteiger partial charge on any atom is 0.295 e. The highest BCUT2D eigenvalue weighted by Crippen LogP contribution is 2.42. The molecule has 220 valence electrons. The lowest BCUT2D eigenvalue weighted by molar-refractivity contribution is -0.140. The molecule has 0 aromatic heterocycles. The van der Waals surface area contributed by atoms with Crippen LogP contribution in [0.2, 0.25) is 0 Å². The van der Waals surface area contributed by atoms with Crippen LogP contribution in [0.5, 0.6) is 17.2 Å². The zero-order valence-electron chi connectivity index (χ0n) is 24.2. The second-order valence-corrected chi connectivity index (χ2v) is 10.1. The van der Waals surface area contributed by atoms with Crippen LogP contribution >= 0.6 is 0 Å². The zero-order chi connectivity index (χ0) is 29.4. The predicted octanol–water partition coefficient (Wildman–Crippen LogP) is 4.50. The molecule has 41 heavy (non-hydrogen) atoms. The first-order valence-corrected chi connectivity index (χ1v) is 14.1. The van der Waals surface area contributed by atoms with Crippen molar-refractivity contribution in [2.24, 2.45) is 0 Å². The number of likely N-dealkylation sites (tertiary alicyclic amines) is 1. The molecule has 1 unspecified atom stereocenters. The van der Waals surface area contributed by atoms with Gasteiger partial charge in [0.25, 0.3) is 11.7 Å². The number of ether oxygens (including phenoxy) is 4. The van der Waals surface area contributed by atoms with Gasteiger partial charge in [0, 0.05) is 31.7 Å². The van der Waals surface area contributed by atoms with Crippen molar-refractivity contribution in [2.45, 2.75) is 32.7 Å². The minimum absolute atomic E-state index is 0.0397. The van der Waals surface area contributed by atoms with Crippen LogP contribution in [0.1, 0.15) is 42.5 Å². The van der Waals surface area contributed by atoms with Gasteiger partial charge in [-0.15, -0.1) is 0 Å². The minimum Gasteiger partial charge on any atom is -0.507 e. The molecule has 2 aromatic carbocycles. The van der Waals surface area contributed by atoms with Crippen molar-refractivity contribution in [3.63, 3.8) is 0 Å². The first-order valence-electron chi connectivity index (χ1n) is 14.1. The second kappa shape index (κ2) is 14.2. The number of aliphatic hydroxyl groups is 1. The van der Waals surface area contributed by atoms with Crippen molar-refractivity contribution in [1.29, 1.82) is 0 Å². The van der Waals surface area contributed by atoms with E-state index in [0.29, 0.717) is 62.1 Å². The van der Waals surface area contributed by atoms with Gasteiger partial charge in [0.1, 0.15) is 18.1 Å². The second-order valence-electron chi connectivity index (χ2n) is 10.1. The quantitative estimate of drug-likeness (QED) is 0.125. The molecule has 1 amide bonds. The third-order valence-corrected chi connectivity index (χ3v) is 7.36. The molecular formula is C32H40N2O7. The van der Waals surface area contributed by atoms with E-state index in [-0.39, 0.29) is 11.3 Å². The van der Waals surface area contributed by atoms with Gasteiger partial charge >= 0.3 is 0 Å². The Hall–Kier alpha value is -3.82. The maximum atomic E-state index is 13.5. The van der Waals surface area contributed by atoms with Crippen molar-refractivity contribution in [2.75, 3.05) is 59.7 Å². The number of nitrogens with zero attached hydrogens (tertiary/aromatic N) is 2. The van der Waals surface area contributed by atoms with Gasteiger partial charge in [-0.05, 0) is 54.8 Å². The van der Waals surface area contributed by atoms with E-state index in [2.05, 4.69) is 18.4 Å². The van der Waals surface area contributed by atoms with Gasteiger partial charge in [-0.3, -0.25) is 14.5 Å². The van der Waals surface area contributed by atoms with Crippen LogP contribution in [0, 0.1) is 6.92 Å². The maximum absolute atomic E-state index is 13.5. The zero-order valence-corrected chi connectivity index (χ0v) is 24.2. The molecule has 4 rings (SSSR count). The summed E-state index contributed by atoms with van der Waals surface area (Å²) in [5.41, 5.74) is 1.94. The number of morpholine rings is 1. The Morgan fingerprint density at radius 3 is 2.51 bits per heavy atom. The number of methoxy groups -OCH3 is 1. The standard InChI is InChI=1S/C32H40N2O7/c1-5-7-17-41-25-10-9-24(20-22(25)3)30(35)28-29(23-8-11-26(40-16-6-2)27(21-23)38-4)34(32(37)31(28)36)13-12-33-14-18-39-19-15-33/h6,8-11,20-21,29,35H,2,5,7,12-19H2,1,3-4H3. The Morgan fingerprint density at radius 2 is 1.83 bits per heavy atom.